The lowest BCUT2D eigenvalue weighted by atomic mass is 10.2. The van der Waals surface area contributed by atoms with Crippen LogP contribution < -0.4 is 10.0 Å². The highest BCUT2D eigenvalue weighted by Gasteiger charge is 2.20. The van der Waals surface area contributed by atoms with Crippen LogP contribution in [-0.4, -0.2) is 27.5 Å². The minimum Gasteiger partial charge on any atom is -0.375 e. The number of carbonyl (C=O) groups is 1. The molecule has 0 saturated carbocycles. The molecule has 0 aromatic heterocycles. The van der Waals surface area contributed by atoms with Crippen LogP contribution in [0.5, 0.6) is 0 Å². The van der Waals surface area contributed by atoms with Gasteiger partial charge in [-0.15, -0.1) is 0 Å². The Balaban J connectivity index is 1.60. The molecule has 0 spiro atoms. The zero-order valence-electron chi connectivity index (χ0n) is 17.0. The Hall–Kier alpha value is -2.87. The van der Waals surface area contributed by atoms with Gasteiger partial charge in [0.05, 0.1) is 18.2 Å². The molecule has 0 unspecified atom stereocenters. The number of sulfonamides is 1. The average molecular weight is 459 g/mol. The second-order valence-electron chi connectivity index (χ2n) is 6.91. The number of carbonyl (C=O) groups excluding carboxylic acids is 1. The van der Waals surface area contributed by atoms with Crippen LogP contribution in [0.3, 0.4) is 0 Å². The molecule has 1 amide bonds. The second-order valence-corrected chi connectivity index (χ2v) is 8.97. The molecule has 0 fully saturated rings. The molecule has 0 atom stereocenters. The van der Waals surface area contributed by atoms with E-state index in [0.29, 0.717) is 18.9 Å². The van der Waals surface area contributed by atoms with E-state index in [1.807, 2.05) is 37.3 Å². The van der Waals surface area contributed by atoms with E-state index in [2.05, 4.69) is 10.0 Å². The van der Waals surface area contributed by atoms with Crippen molar-refractivity contribution in [1.29, 1.82) is 0 Å². The van der Waals surface area contributed by atoms with Gasteiger partial charge in [-0.1, -0.05) is 59.6 Å². The smallest absolute Gasteiger partial charge is 0.263 e. The number of anilines is 1. The largest absolute Gasteiger partial charge is 0.375 e. The maximum absolute atomic E-state index is 12.8. The van der Waals surface area contributed by atoms with Crippen LogP contribution in [0.4, 0.5) is 5.69 Å². The predicted molar refractivity (Wildman–Crippen MR) is 122 cm³/mol. The normalized spacial score (nSPS) is 11.2. The first-order chi connectivity index (χ1) is 14.8. The van der Waals surface area contributed by atoms with Crippen molar-refractivity contribution in [1.82, 2.24) is 5.32 Å². The quantitative estimate of drug-likeness (QED) is 0.465. The second kappa shape index (κ2) is 10.4. The highest BCUT2D eigenvalue weighted by molar-refractivity contribution is 7.92. The van der Waals surface area contributed by atoms with E-state index in [9.17, 15) is 13.2 Å². The van der Waals surface area contributed by atoms with Gasteiger partial charge in [0.25, 0.3) is 15.9 Å². The molecule has 2 N–H and O–H groups in total. The number of amides is 1. The standard InChI is InChI=1S/C23H23ClN2O4S/c1-17-7-10-20(11-8-17)26-31(28,29)22-15-19(9-12-21(22)24)23(27)25-13-14-30-16-18-5-3-2-4-6-18/h2-12,15,26H,13-14,16H2,1H3,(H,25,27). The average Bonchev–Trinajstić information content (AvgIpc) is 2.76. The van der Waals surface area contributed by atoms with Gasteiger partial charge >= 0.3 is 0 Å². The minimum atomic E-state index is -3.96. The Morgan fingerprint density at radius 2 is 1.71 bits per heavy atom. The van der Waals surface area contributed by atoms with Crippen LogP contribution in [0.25, 0.3) is 0 Å². The van der Waals surface area contributed by atoms with Crippen molar-refractivity contribution in [3.05, 3.63) is 94.5 Å². The molecule has 0 saturated heterocycles. The van der Waals surface area contributed by atoms with Gasteiger partial charge in [0.15, 0.2) is 0 Å². The van der Waals surface area contributed by atoms with Crippen molar-refractivity contribution in [3.8, 4) is 0 Å². The first-order valence-electron chi connectivity index (χ1n) is 9.64. The highest BCUT2D eigenvalue weighted by Crippen LogP contribution is 2.25. The van der Waals surface area contributed by atoms with E-state index in [1.54, 1.807) is 24.3 Å². The fourth-order valence-corrected chi connectivity index (χ4v) is 4.37. The predicted octanol–water partition coefficient (Wildman–Crippen LogP) is 4.40. The Labute approximate surface area is 187 Å². The first kappa shape index (κ1) is 22.8. The van der Waals surface area contributed by atoms with E-state index in [1.165, 1.54) is 18.2 Å². The van der Waals surface area contributed by atoms with Crippen molar-refractivity contribution in [2.45, 2.75) is 18.4 Å². The lowest BCUT2D eigenvalue weighted by Gasteiger charge is -2.12. The molecule has 0 aliphatic rings. The molecular weight excluding hydrogens is 436 g/mol. The lowest BCUT2D eigenvalue weighted by Crippen LogP contribution is -2.27. The third-order valence-corrected chi connectivity index (χ3v) is 6.29. The number of benzene rings is 3. The van der Waals surface area contributed by atoms with Crippen LogP contribution in [0.15, 0.2) is 77.7 Å². The minimum absolute atomic E-state index is 0.0300. The van der Waals surface area contributed by atoms with Gasteiger partial charge in [0.1, 0.15) is 4.90 Å². The summed E-state index contributed by atoms with van der Waals surface area (Å²) in [5.41, 5.74) is 2.65. The van der Waals surface area contributed by atoms with Crippen LogP contribution in [0, 0.1) is 6.92 Å². The number of hydrogen-bond acceptors (Lipinski definition) is 4. The number of nitrogens with one attached hydrogen (secondary N) is 2. The summed E-state index contributed by atoms with van der Waals surface area (Å²) < 4.78 is 33.6. The molecule has 0 bridgehead atoms. The van der Waals surface area contributed by atoms with E-state index in [-0.39, 0.29) is 22.0 Å². The monoisotopic (exact) mass is 458 g/mol. The van der Waals surface area contributed by atoms with Gasteiger partial charge in [-0.2, -0.15) is 0 Å². The van der Waals surface area contributed by atoms with E-state index < -0.39 is 15.9 Å². The summed E-state index contributed by atoms with van der Waals surface area (Å²) in [4.78, 5) is 12.3. The van der Waals surface area contributed by atoms with Crippen LogP contribution in [0.2, 0.25) is 5.02 Å². The summed E-state index contributed by atoms with van der Waals surface area (Å²) in [5, 5.41) is 2.75. The molecule has 0 radical (unpaired) electrons. The van der Waals surface area contributed by atoms with Gasteiger partial charge in [-0.25, -0.2) is 8.42 Å². The van der Waals surface area contributed by atoms with Crippen molar-refractivity contribution in [3.63, 3.8) is 0 Å². The Kier molecular flexibility index (Phi) is 7.68. The molecule has 3 aromatic carbocycles. The van der Waals surface area contributed by atoms with Gasteiger partial charge in [-0.05, 0) is 42.8 Å². The SMILES string of the molecule is Cc1ccc(NS(=O)(=O)c2cc(C(=O)NCCOCc3ccccc3)ccc2Cl)cc1. The summed E-state index contributed by atoms with van der Waals surface area (Å²) in [5.74, 6) is -0.410. The van der Waals surface area contributed by atoms with Crippen LogP contribution in [0.1, 0.15) is 21.5 Å². The fraction of sp³-hybridized carbons (Fsp3) is 0.174. The third kappa shape index (κ3) is 6.55. The maximum atomic E-state index is 12.8. The molecule has 0 heterocycles. The number of rotatable bonds is 9. The van der Waals surface area contributed by atoms with E-state index in [4.69, 9.17) is 16.3 Å². The van der Waals surface area contributed by atoms with Crippen molar-refractivity contribution in [2.75, 3.05) is 17.9 Å². The van der Waals surface area contributed by atoms with Gasteiger partial charge in [0, 0.05) is 17.8 Å². The molecule has 162 valence electrons. The first-order valence-corrected chi connectivity index (χ1v) is 11.5. The van der Waals surface area contributed by atoms with Crippen LogP contribution in [-0.2, 0) is 21.4 Å². The summed E-state index contributed by atoms with van der Waals surface area (Å²) in [6.45, 7) is 2.97. The Morgan fingerprint density at radius 3 is 2.42 bits per heavy atom. The Bertz CT molecular complexity index is 1130. The van der Waals surface area contributed by atoms with Crippen molar-refractivity contribution in [2.24, 2.45) is 0 Å². The van der Waals surface area contributed by atoms with Crippen molar-refractivity contribution < 1.29 is 17.9 Å². The number of ether oxygens (including phenoxy) is 1. The maximum Gasteiger partial charge on any atom is 0.263 e. The molecular formula is C23H23ClN2O4S. The number of aryl methyl sites for hydroxylation is 1. The number of hydrogen-bond donors (Lipinski definition) is 2. The zero-order chi connectivity index (χ0) is 22.3. The molecule has 6 nitrogen and oxygen atoms in total. The highest BCUT2D eigenvalue weighted by atomic mass is 35.5. The molecule has 3 aromatic rings. The summed E-state index contributed by atoms with van der Waals surface area (Å²) >= 11 is 6.11. The van der Waals surface area contributed by atoms with Crippen LogP contribution >= 0.6 is 11.6 Å². The molecule has 3 rings (SSSR count). The Morgan fingerprint density at radius 1 is 1.00 bits per heavy atom. The molecule has 0 aliphatic carbocycles. The van der Waals surface area contributed by atoms with Gasteiger partial charge in [-0.3, -0.25) is 9.52 Å². The topological polar surface area (TPSA) is 84.5 Å². The lowest BCUT2D eigenvalue weighted by molar-refractivity contribution is 0.0900. The number of halogens is 1. The summed E-state index contributed by atoms with van der Waals surface area (Å²) in [7, 11) is -3.96. The van der Waals surface area contributed by atoms with Gasteiger partial charge in [0.2, 0.25) is 0 Å². The molecule has 31 heavy (non-hydrogen) atoms. The third-order valence-electron chi connectivity index (χ3n) is 4.43. The summed E-state index contributed by atoms with van der Waals surface area (Å²) in [6, 6.07) is 20.8. The van der Waals surface area contributed by atoms with E-state index >= 15 is 0 Å². The molecule has 8 heteroatoms. The van der Waals surface area contributed by atoms with E-state index in [0.717, 1.165) is 11.1 Å². The van der Waals surface area contributed by atoms with Crippen molar-refractivity contribution >= 4 is 33.2 Å². The summed E-state index contributed by atoms with van der Waals surface area (Å²) in [6.07, 6.45) is 0. The zero-order valence-corrected chi connectivity index (χ0v) is 18.5. The van der Waals surface area contributed by atoms with Gasteiger partial charge < -0.3 is 10.1 Å². The fourth-order valence-electron chi connectivity index (χ4n) is 2.79. The molecule has 0 aliphatic heterocycles.